The van der Waals surface area contributed by atoms with Crippen LogP contribution in [0.25, 0.3) is 0 Å². The molecule has 1 aromatic heterocycles. The first-order valence-electron chi connectivity index (χ1n) is 11.8. The Hall–Kier alpha value is -4.85. The van der Waals surface area contributed by atoms with Crippen LogP contribution in [0, 0.1) is 5.41 Å². The third-order valence-electron chi connectivity index (χ3n) is 5.70. The summed E-state index contributed by atoms with van der Waals surface area (Å²) < 4.78 is 11.5. The maximum absolute atomic E-state index is 13.4. The van der Waals surface area contributed by atoms with E-state index in [4.69, 9.17) is 20.6 Å². The van der Waals surface area contributed by atoms with Gasteiger partial charge in [-0.05, 0) is 59.7 Å². The third kappa shape index (κ3) is 6.85. The van der Waals surface area contributed by atoms with Crippen molar-refractivity contribution < 1.29 is 14.3 Å². The van der Waals surface area contributed by atoms with Crippen LogP contribution in [0.5, 0.6) is 11.5 Å². The maximum Gasteiger partial charge on any atom is 0.247 e. The van der Waals surface area contributed by atoms with Crippen molar-refractivity contribution >= 4 is 17.4 Å². The molecule has 0 unspecified atom stereocenters. The number of nitrogens with one attached hydrogen (secondary N) is 3. The molecule has 37 heavy (non-hydrogen) atoms. The highest BCUT2D eigenvalue weighted by Gasteiger charge is 2.22. The Morgan fingerprint density at radius 1 is 0.973 bits per heavy atom. The molecule has 0 radical (unpaired) electrons. The van der Waals surface area contributed by atoms with Crippen LogP contribution in [0.4, 0.5) is 5.69 Å². The topological polar surface area (TPSA) is 122 Å². The highest BCUT2D eigenvalue weighted by atomic mass is 16.5. The molecule has 0 saturated carbocycles. The smallest absolute Gasteiger partial charge is 0.247 e. The number of nitrogens with two attached hydrogens (primary N) is 1. The number of rotatable bonds is 11. The number of methoxy groups -OCH3 is 1. The van der Waals surface area contributed by atoms with Gasteiger partial charge in [-0.1, -0.05) is 42.5 Å². The van der Waals surface area contributed by atoms with Crippen LogP contribution in [0.3, 0.4) is 0 Å². The van der Waals surface area contributed by atoms with E-state index >= 15 is 0 Å². The molecule has 0 aliphatic heterocycles. The van der Waals surface area contributed by atoms with Crippen molar-refractivity contribution in [3.63, 3.8) is 0 Å². The molecule has 0 aliphatic carbocycles. The summed E-state index contributed by atoms with van der Waals surface area (Å²) in [5, 5.41) is 13.9. The number of nitrogen functional groups attached to an aromatic ring is 1. The minimum absolute atomic E-state index is 0.0188. The van der Waals surface area contributed by atoms with Crippen LogP contribution >= 0.6 is 0 Å². The monoisotopic (exact) mass is 495 g/mol. The van der Waals surface area contributed by atoms with Gasteiger partial charge >= 0.3 is 0 Å². The fourth-order valence-electron chi connectivity index (χ4n) is 3.72. The average Bonchev–Trinajstić information content (AvgIpc) is 2.95. The van der Waals surface area contributed by atoms with Gasteiger partial charge in [0, 0.05) is 24.0 Å². The van der Waals surface area contributed by atoms with E-state index in [0.29, 0.717) is 34.9 Å². The summed E-state index contributed by atoms with van der Waals surface area (Å²) in [6.45, 7) is 0.682. The lowest BCUT2D eigenvalue weighted by atomic mass is 10.0. The molecule has 5 N–H and O–H groups in total. The van der Waals surface area contributed by atoms with Gasteiger partial charge in [0.15, 0.2) is 11.5 Å². The summed E-state index contributed by atoms with van der Waals surface area (Å²) in [5.74, 6) is 0.826. The molecule has 0 saturated heterocycles. The van der Waals surface area contributed by atoms with E-state index in [9.17, 15) is 4.79 Å². The number of pyridine rings is 1. The summed E-state index contributed by atoms with van der Waals surface area (Å²) in [6.07, 6.45) is 1.71. The van der Waals surface area contributed by atoms with Gasteiger partial charge in [0.2, 0.25) is 5.91 Å². The number of ether oxygens (including phenoxy) is 2. The van der Waals surface area contributed by atoms with E-state index in [1.54, 1.807) is 49.7 Å². The normalized spacial score (nSPS) is 11.3. The number of hydrogen-bond donors (Lipinski definition) is 4. The van der Waals surface area contributed by atoms with Gasteiger partial charge in [0.05, 0.1) is 12.8 Å². The van der Waals surface area contributed by atoms with Crippen molar-refractivity contribution in [1.29, 1.82) is 5.41 Å². The van der Waals surface area contributed by atoms with Gasteiger partial charge in [-0.25, -0.2) is 0 Å². The van der Waals surface area contributed by atoms with Gasteiger partial charge in [-0.2, -0.15) is 0 Å². The number of amides is 1. The van der Waals surface area contributed by atoms with Crippen molar-refractivity contribution in [1.82, 2.24) is 10.3 Å². The van der Waals surface area contributed by atoms with Crippen molar-refractivity contribution in [2.24, 2.45) is 5.73 Å². The fraction of sp³-hybridized carbons (Fsp3) is 0.138. The average molecular weight is 496 g/mol. The number of benzene rings is 3. The van der Waals surface area contributed by atoms with Crippen LogP contribution in [0.2, 0.25) is 0 Å². The minimum atomic E-state index is -0.717. The second-order valence-corrected chi connectivity index (χ2v) is 8.29. The number of hydrogen-bond acceptors (Lipinski definition) is 6. The van der Waals surface area contributed by atoms with Crippen molar-refractivity contribution in [3.05, 3.63) is 120 Å². The van der Waals surface area contributed by atoms with Crippen LogP contribution in [-0.2, 0) is 17.9 Å². The first-order valence-corrected chi connectivity index (χ1v) is 11.8. The van der Waals surface area contributed by atoms with Gasteiger partial charge in [0.1, 0.15) is 18.5 Å². The molecule has 1 amide bonds. The summed E-state index contributed by atoms with van der Waals surface area (Å²) in [5.41, 5.74) is 9.38. The molecule has 3 aromatic carbocycles. The Morgan fingerprint density at radius 2 is 1.73 bits per heavy atom. The molecule has 1 heterocycles. The van der Waals surface area contributed by atoms with Gasteiger partial charge in [-0.3, -0.25) is 15.2 Å². The van der Waals surface area contributed by atoms with Crippen molar-refractivity contribution in [2.45, 2.75) is 19.2 Å². The molecule has 0 aliphatic rings. The van der Waals surface area contributed by atoms with Gasteiger partial charge < -0.3 is 25.8 Å². The van der Waals surface area contributed by atoms with E-state index in [1.165, 1.54) is 0 Å². The zero-order valence-electron chi connectivity index (χ0n) is 20.5. The molecule has 188 valence electrons. The lowest BCUT2D eigenvalue weighted by molar-refractivity contribution is -0.122. The molecule has 1 atom stereocenters. The zero-order valence-corrected chi connectivity index (χ0v) is 20.5. The number of amidine groups is 1. The standard InChI is InChI=1S/C29H29N5O3/c1-36-26-17-22(12-15-25(26)37-19-24-9-5-6-16-32-24)27(29(35)33-18-20-7-3-2-4-8-20)34-23-13-10-21(11-14-23)28(30)31/h2-17,27,34H,18-19H2,1H3,(H3,30,31)(H,33,35)/t27-/m1/s1. The zero-order chi connectivity index (χ0) is 26.0. The first kappa shape index (κ1) is 25.2. The maximum atomic E-state index is 13.4. The van der Waals surface area contributed by atoms with Gasteiger partial charge in [-0.15, -0.1) is 0 Å². The van der Waals surface area contributed by atoms with Gasteiger partial charge in [0.25, 0.3) is 0 Å². The molecule has 0 fully saturated rings. The second-order valence-electron chi connectivity index (χ2n) is 8.29. The predicted molar refractivity (Wildman–Crippen MR) is 144 cm³/mol. The Labute approximate surface area is 216 Å². The highest BCUT2D eigenvalue weighted by Crippen LogP contribution is 2.32. The summed E-state index contributed by atoms with van der Waals surface area (Å²) in [4.78, 5) is 17.7. The second kappa shape index (κ2) is 12.2. The third-order valence-corrected chi connectivity index (χ3v) is 5.70. The van der Waals surface area contributed by atoms with Crippen LogP contribution < -0.4 is 25.8 Å². The molecule has 8 nitrogen and oxygen atoms in total. The summed E-state index contributed by atoms with van der Waals surface area (Å²) in [7, 11) is 1.56. The highest BCUT2D eigenvalue weighted by molar-refractivity contribution is 5.95. The number of nitrogens with zero attached hydrogens (tertiary/aromatic N) is 1. The van der Waals surface area contributed by atoms with Crippen molar-refractivity contribution in [3.8, 4) is 11.5 Å². The SMILES string of the molecule is COc1cc([C@@H](Nc2ccc(C(=N)N)cc2)C(=O)NCc2ccccc2)ccc1OCc1ccccn1. The molecule has 4 rings (SSSR count). The summed E-state index contributed by atoms with van der Waals surface area (Å²) in [6, 6.07) is 27.1. The van der Waals surface area contributed by atoms with E-state index < -0.39 is 6.04 Å². The summed E-state index contributed by atoms with van der Waals surface area (Å²) >= 11 is 0. The van der Waals surface area contributed by atoms with E-state index in [2.05, 4.69) is 15.6 Å². The van der Waals surface area contributed by atoms with Crippen molar-refractivity contribution in [2.75, 3.05) is 12.4 Å². The lowest BCUT2D eigenvalue weighted by Gasteiger charge is -2.22. The minimum Gasteiger partial charge on any atom is -0.493 e. The molecule has 0 spiro atoms. The largest absolute Gasteiger partial charge is 0.493 e. The molecule has 8 heteroatoms. The van der Waals surface area contributed by atoms with Crippen LogP contribution in [0.1, 0.15) is 28.4 Å². The van der Waals surface area contributed by atoms with E-state index in [-0.39, 0.29) is 18.3 Å². The molecular formula is C29H29N5O3. The van der Waals surface area contributed by atoms with Crippen LogP contribution in [-0.4, -0.2) is 23.8 Å². The van der Waals surface area contributed by atoms with E-state index in [0.717, 1.165) is 11.3 Å². The Kier molecular flexibility index (Phi) is 8.33. The Balaban J connectivity index is 1.57. The number of anilines is 1. The molecule has 4 aromatic rings. The molecule has 0 bridgehead atoms. The first-order chi connectivity index (χ1) is 18.0. The van der Waals surface area contributed by atoms with Crippen LogP contribution in [0.15, 0.2) is 97.2 Å². The Morgan fingerprint density at radius 3 is 2.41 bits per heavy atom. The van der Waals surface area contributed by atoms with E-state index in [1.807, 2.05) is 54.6 Å². The fourth-order valence-corrected chi connectivity index (χ4v) is 3.72. The molecular weight excluding hydrogens is 466 g/mol. The number of carbonyl (C=O) groups is 1. The predicted octanol–water partition coefficient (Wildman–Crippen LogP) is 4.42. The lowest BCUT2D eigenvalue weighted by Crippen LogP contribution is -2.33. The quantitative estimate of drug-likeness (QED) is 0.180. The number of carbonyl (C=O) groups excluding carboxylic acids is 1. The number of aromatic nitrogens is 1. The Bertz CT molecular complexity index is 1330.